The minimum Gasteiger partial charge on any atom is -0.396 e. The maximum atomic E-state index is 8.58. The van der Waals surface area contributed by atoms with Gasteiger partial charge >= 0.3 is 0 Å². The molecule has 0 aromatic carbocycles. The van der Waals surface area contributed by atoms with Gasteiger partial charge in [-0.3, -0.25) is 0 Å². The molecule has 86 valence electrons. The molecule has 0 saturated carbocycles. The molecule has 14 heavy (non-hydrogen) atoms. The van der Waals surface area contributed by atoms with Crippen LogP contribution in [0.1, 0.15) is 58.3 Å². The predicted molar refractivity (Wildman–Crippen MR) is 62.6 cm³/mol. The largest absolute Gasteiger partial charge is 0.396 e. The Morgan fingerprint density at radius 1 is 0.786 bits per heavy atom. The zero-order valence-corrected chi connectivity index (χ0v) is 9.73. The zero-order chi connectivity index (χ0) is 10.5. The van der Waals surface area contributed by atoms with E-state index >= 15 is 0 Å². The highest BCUT2D eigenvalue weighted by atomic mass is 16.2. The Balaban J connectivity index is 2.78. The highest BCUT2D eigenvalue weighted by Crippen LogP contribution is 2.04. The summed E-state index contributed by atoms with van der Waals surface area (Å²) in [6, 6.07) is 0. The molecule has 0 radical (unpaired) electrons. The number of rotatable bonds is 11. The van der Waals surface area contributed by atoms with Crippen molar-refractivity contribution in [1.82, 2.24) is 5.32 Å². The van der Waals surface area contributed by atoms with Crippen molar-refractivity contribution in [3.63, 3.8) is 0 Å². The van der Waals surface area contributed by atoms with E-state index in [2.05, 4.69) is 12.2 Å². The molecule has 0 rings (SSSR count). The van der Waals surface area contributed by atoms with Crippen molar-refractivity contribution in [1.29, 1.82) is 0 Å². The summed E-state index contributed by atoms with van der Waals surface area (Å²) in [6.45, 7) is 4.95. The Labute approximate surface area is 89.1 Å². The van der Waals surface area contributed by atoms with Gasteiger partial charge in [-0.25, -0.2) is 0 Å². The van der Waals surface area contributed by atoms with Crippen LogP contribution in [-0.2, 0) is 0 Å². The summed E-state index contributed by atoms with van der Waals surface area (Å²) in [4.78, 5) is 0. The van der Waals surface area contributed by atoms with Crippen molar-refractivity contribution in [2.24, 2.45) is 0 Å². The van der Waals surface area contributed by atoms with Gasteiger partial charge in [-0.15, -0.1) is 0 Å². The van der Waals surface area contributed by atoms with Gasteiger partial charge in [0.05, 0.1) is 0 Å². The highest BCUT2D eigenvalue weighted by Gasteiger charge is 1.90. The lowest BCUT2D eigenvalue weighted by Gasteiger charge is -2.03. The number of nitrogens with one attached hydrogen (secondary N) is 1. The minimum absolute atomic E-state index is 0.360. The Morgan fingerprint density at radius 3 is 2.00 bits per heavy atom. The maximum Gasteiger partial charge on any atom is 0.0431 e. The molecular weight excluding hydrogens is 174 g/mol. The summed E-state index contributed by atoms with van der Waals surface area (Å²) in [7, 11) is 0. The molecule has 0 amide bonds. The minimum atomic E-state index is 0.360. The van der Waals surface area contributed by atoms with Gasteiger partial charge in [-0.2, -0.15) is 0 Å². The van der Waals surface area contributed by atoms with Crippen LogP contribution in [-0.4, -0.2) is 24.8 Å². The summed E-state index contributed by atoms with van der Waals surface area (Å²) < 4.78 is 0. The molecule has 0 bridgehead atoms. The molecule has 2 nitrogen and oxygen atoms in total. The molecule has 0 spiro atoms. The van der Waals surface area contributed by atoms with Crippen LogP contribution in [0.15, 0.2) is 0 Å². The van der Waals surface area contributed by atoms with E-state index < -0.39 is 0 Å². The molecule has 0 fully saturated rings. The van der Waals surface area contributed by atoms with Crippen LogP contribution in [0.2, 0.25) is 0 Å². The third-order valence-corrected chi connectivity index (χ3v) is 2.47. The van der Waals surface area contributed by atoms with E-state index in [1.807, 2.05) is 0 Å². The summed E-state index contributed by atoms with van der Waals surface area (Å²) in [6.07, 6.45) is 10.0. The average Bonchev–Trinajstić information content (AvgIpc) is 2.21. The highest BCUT2D eigenvalue weighted by molar-refractivity contribution is 4.49. The fourth-order valence-electron chi connectivity index (χ4n) is 1.50. The average molecular weight is 201 g/mol. The van der Waals surface area contributed by atoms with Gasteiger partial charge in [0.15, 0.2) is 0 Å². The van der Waals surface area contributed by atoms with E-state index in [0.717, 1.165) is 6.42 Å². The van der Waals surface area contributed by atoms with Gasteiger partial charge in [-0.1, -0.05) is 39.0 Å². The third kappa shape index (κ3) is 11.9. The van der Waals surface area contributed by atoms with Gasteiger partial charge < -0.3 is 10.4 Å². The summed E-state index contributed by atoms with van der Waals surface area (Å²) in [5.74, 6) is 0. The Bertz CT molecular complexity index is 84.3. The van der Waals surface area contributed by atoms with Crippen molar-refractivity contribution in [3.05, 3.63) is 0 Å². The van der Waals surface area contributed by atoms with Crippen LogP contribution in [0.4, 0.5) is 0 Å². The predicted octanol–water partition coefficient (Wildman–Crippen LogP) is 2.71. The number of aliphatic hydroxyl groups is 1. The van der Waals surface area contributed by atoms with E-state index in [4.69, 9.17) is 5.11 Å². The summed E-state index contributed by atoms with van der Waals surface area (Å²) in [5, 5.41) is 12.0. The first kappa shape index (κ1) is 13.9. The van der Waals surface area contributed by atoms with Crippen molar-refractivity contribution in [2.75, 3.05) is 19.7 Å². The van der Waals surface area contributed by atoms with E-state index in [-0.39, 0.29) is 0 Å². The maximum absolute atomic E-state index is 8.58. The van der Waals surface area contributed by atoms with E-state index in [9.17, 15) is 0 Å². The molecule has 0 saturated heterocycles. The standard InChI is InChI=1S/C12H27NO/c1-2-3-10-13-11-8-6-4-5-7-9-12-14/h13-14H,2-12H2,1H3. The molecule has 2 heteroatoms. The lowest BCUT2D eigenvalue weighted by Crippen LogP contribution is -2.16. The first-order valence-corrected chi connectivity index (χ1v) is 6.23. The van der Waals surface area contributed by atoms with E-state index in [1.54, 1.807) is 0 Å². The number of aliphatic hydroxyl groups excluding tert-OH is 1. The van der Waals surface area contributed by atoms with Gasteiger partial charge in [0.25, 0.3) is 0 Å². The quantitative estimate of drug-likeness (QED) is 0.504. The molecule has 0 aliphatic carbocycles. The van der Waals surface area contributed by atoms with Crippen LogP contribution in [0, 0.1) is 0 Å². The molecule has 0 aromatic heterocycles. The lowest BCUT2D eigenvalue weighted by atomic mass is 10.1. The van der Waals surface area contributed by atoms with Gasteiger partial charge in [0, 0.05) is 6.61 Å². The molecular formula is C12H27NO. The van der Waals surface area contributed by atoms with E-state index in [1.165, 1.54) is 58.0 Å². The smallest absolute Gasteiger partial charge is 0.0431 e. The lowest BCUT2D eigenvalue weighted by molar-refractivity contribution is 0.282. The SMILES string of the molecule is CCCCNCCCCCCCCO. The second-order valence-corrected chi connectivity index (χ2v) is 3.95. The van der Waals surface area contributed by atoms with Gasteiger partial charge in [-0.05, 0) is 32.4 Å². The fraction of sp³-hybridized carbons (Fsp3) is 1.00. The fourth-order valence-corrected chi connectivity index (χ4v) is 1.50. The molecule has 0 aliphatic rings. The van der Waals surface area contributed by atoms with Crippen molar-refractivity contribution in [3.8, 4) is 0 Å². The monoisotopic (exact) mass is 201 g/mol. The molecule has 0 aliphatic heterocycles. The van der Waals surface area contributed by atoms with Gasteiger partial charge in [0.1, 0.15) is 0 Å². The zero-order valence-electron chi connectivity index (χ0n) is 9.73. The third-order valence-electron chi connectivity index (χ3n) is 2.47. The first-order valence-electron chi connectivity index (χ1n) is 6.23. The molecule has 2 N–H and O–H groups in total. The first-order chi connectivity index (χ1) is 6.91. The molecule has 0 heterocycles. The molecule has 0 atom stereocenters. The second kappa shape index (κ2) is 12.9. The van der Waals surface area contributed by atoms with E-state index in [0.29, 0.717) is 6.61 Å². The molecule has 0 aromatic rings. The molecule has 0 unspecified atom stereocenters. The van der Waals surface area contributed by atoms with Gasteiger partial charge in [0.2, 0.25) is 0 Å². The van der Waals surface area contributed by atoms with Crippen LogP contribution in [0.25, 0.3) is 0 Å². The topological polar surface area (TPSA) is 32.3 Å². The van der Waals surface area contributed by atoms with Crippen LogP contribution in [0.3, 0.4) is 0 Å². The van der Waals surface area contributed by atoms with Crippen molar-refractivity contribution >= 4 is 0 Å². The van der Waals surface area contributed by atoms with Crippen LogP contribution < -0.4 is 5.32 Å². The summed E-state index contributed by atoms with van der Waals surface area (Å²) in [5.41, 5.74) is 0. The Kier molecular flexibility index (Phi) is 12.8. The second-order valence-electron chi connectivity index (χ2n) is 3.95. The number of unbranched alkanes of at least 4 members (excludes halogenated alkanes) is 6. The normalized spacial score (nSPS) is 10.7. The van der Waals surface area contributed by atoms with Crippen LogP contribution >= 0.6 is 0 Å². The Hall–Kier alpha value is -0.0800. The summed E-state index contributed by atoms with van der Waals surface area (Å²) >= 11 is 0. The Morgan fingerprint density at radius 2 is 1.36 bits per heavy atom. The van der Waals surface area contributed by atoms with Crippen LogP contribution in [0.5, 0.6) is 0 Å². The van der Waals surface area contributed by atoms with Crippen molar-refractivity contribution < 1.29 is 5.11 Å². The van der Waals surface area contributed by atoms with Crippen molar-refractivity contribution in [2.45, 2.75) is 58.3 Å². The number of hydrogen-bond donors (Lipinski definition) is 2. The number of hydrogen-bond acceptors (Lipinski definition) is 2.